The van der Waals surface area contributed by atoms with Gasteiger partial charge in [-0.1, -0.05) is 12.1 Å². The third kappa shape index (κ3) is 3.99. The highest BCUT2D eigenvalue weighted by atomic mass is 79.9. The van der Waals surface area contributed by atoms with Crippen LogP contribution in [0.25, 0.3) is 6.08 Å². The summed E-state index contributed by atoms with van der Waals surface area (Å²) in [6, 6.07) is 10.5. The van der Waals surface area contributed by atoms with Crippen molar-refractivity contribution in [2.45, 2.75) is 0 Å². The van der Waals surface area contributed by atoms with Gasteiger partial charge in [-0.3, -0.25) is 4.79 Å². The molecule has 5 nitrogen and oxygen atoms in total. The van der Waals surface area contributed by atoms with Gasteiger partial charge in [0.05, 0.1) is 10.2 Å². The van der Waals surface area contributed by atoms with Gasteiger partial charge in [0.1, 0.15) is 19.0 Å². The third-order valence-corrected chi connectivity index (χ3v) is 5.41. The Morgan fingerprint density at radius 2 is 1.82 bits per heavy atom. The molecule has 0 atom stereocenters. The Morgan fingerprint density at radius 1 is 1.07 bits per heavy atom. The number of carbonyl (C=O) groups is 1. The fourth-order valence-electron chi connectivity index (χ4n) is 3.38. The van der Waals surface area contributed by atoms with Crippen LogP contribution in [-0.4, -0.2) is 50.2 Å². The quantitative estimate of drug-likeness (QED) is 0.673. The number of rotatable bonds is 3. The Balaban J connectivity index is 1.38. The Morgan fingerprint density at radius 3 is 2.61 bits per heavy atom. The topological polar surface area (TPSA) is 42.0 Å². The molecular formula is C21H20BrFN2O3. The van der Waals surface area contributed by atoms with Crippen molar-refractivity contribution < 1.29 is 18.7 Å². The van der Waals surface area contributed by atoms with E-state index in [-0.39, 0.29) is 11.7 Å². The summed E-state index contributed by atoms with van der Waals surface area (Å²) >= 11 is 3.48. The predicted molar refractivity (Wildman–Crippen MR) is 109 cm³/mol. The van der Waals surface area contributed by atoms with Gasteiger partial charge >= 0.3 is 0 Å². The van der Waals surface area contributed by atoms with E-state index < -0.39 is 0 Å². The lowest BCUT2D eigenvalue weighted by atomic mass is 10.1. The third-order valence-electron chi connectivity index (χ3n) is 4.82. The molecule has 1 amide bonds. The van der Waals surface area contributed by atoms with Crippen molar-refractivity contribution in [1.29, 1.82) is 0 Å². The first-order valence-electron chi connectivity index (χ1n) is 9.17. The van der Waals surface area contributed by atoms with Crippen molar-refractivity contribution in [1.82, 2.24) is 4.90 Å². The van der Waals surface area contributed by atoms with Gasteiger partial charge < -0.3 is 19.3 Å². The number of para-hydroxylation sites is 1. The average molecular weight is 447 g/mol. The fraction of sp³-hybridized carbons (Fsp3) is 0.286. The SMILES string of the molecule is O=C(/C=C/c1cc(Br)c2c(c1)OCCO2)N1CCN(c2ccccc2F)CC1. The Labute approximate surface area is 171 Å². The monoisotopic (exact) mass is 446 g/mol. The van der Waals surface area contributed by atoms with E-state index in [0.717, 1.165) is 10.0 Å². The Bertz CT molecular complexity index is 911. The van der Waals surface area contributed by atoms with Crippen molar-refractivity contribution in [3.63, 3.8) is 0 Å². The number of ether oxygens (including phenoxy) is 2. The van der Waals surface area contributed by atoms with E-state index in [0.29, 0.717) is 56.6 Å². The van der Waals surface area contributed by atoms with Crippen LogP contribution >= 0.6 is 15.9 Å². The smallest absolute Gasteiger partial charge is 0.246 e. The van der Waals surface area contributed by atoms with E-state index in [1.54, 1.807) is 29.2 Å². The summed E-state index contributed by atoms with van der Waals surface area (Å²) in [5.41, 5.74) is 1.45. The highest BCUT2D eigenvalue weighted by Crippen LogP contribution is 2.38. The van der Waals surface area contributed by atoms with E-state index in [2.05, 4.69) is 15.9 Å². The molecule has 1 saturated heterocycles. The number of anilines is 1. The summed E-state index contributed by atoms with van der Waals surface area (Å²) < 4.78 is 25.9. The van der Waals surface area contributed by atoms with Gasteiger partial charge in [-0.05, 0) is 51.8 Å². The van der Waals surface area contributed by atoms with Gasteiger partial charge in [0, 0.05) is 32.3 Å². The van der Waals surface area contributed by atoms with Crippen molar-refractivity contribution in [2.24, 2.45) is 0 Å². The van der Waals surface area contributed by atoms with Crippen LogP contribution in [0.15, 0.2) is 46.9 Å². The zero-order valence-electron chi connectivity index (χ0n) is 15.2. The van der Waals surface area contributed by atoms with Gasteiger partial charge in [0.15, 0.2) is 11.5 Å². The lowest BCUT2D eigenvalue weighted by Crippen LogP contribution is -2.48. The van der Waals surface area contributed by atoms with Crippen molar-refractivity contribution in [3.8, 4) is 11.5 Å². The lowest BCUT2D eigenvalue weighted by molar-refractivity contribution is -0.126. The number of nitrogens with zero attached hydrogens (tertiary/aromatic N) is 2. The van der Waals surface area contributed by atoms with Gasteiger partial charge in [0.25, 0.3) is 0 Å². The molecule has 2 aliphatic heterocycles. The molecule has 0 N–H and O–H groups in total. The molecule has 28 heavy (non-hydrogen) atoms. The van der Waals surface area contributed by atoms with Crippen LogP contribution in [0.4, 0.5) is 10.1 Å². The average Bonchev–Trinajstić information content (AvgIpc) is 2.73. The summed E-state index contributed by atoms with van der Waals surface area (Å²) in [5, 5.41) is 0. The Hall–Kier alpha value is -2.54. The van der Waals surface area contributed by atoms with Gasteiger partial charge in [-0.2, -0.15) is 0 Å². The first-order valence-corrected chi connectivity index (χ1v) is 9.97. The maximum atomic E-state index is 13.9. The minimum absolute atomic E-state index is 0.0563. The van der Waals surface area contributed by atoms with E-state index in [4.69, 9.17) is 9.47 Å². The second-order valence-electron chi connectivity index (χ2n) is 6.62. The minimum atomic E-state index is -0.230. The van der Waals surface area contributed by atoms with Crippen LogP contribution in [0.5, 0.6) is 11.5 Å². The molecular weight excluding hydrogens is 427 g/mol. The molecule has 2 aromatic carbocycles. The largest absolute Gasteiger partial charge is 0.486 e. The molecule has 2 aliphatic rings. The number of fused-ring (bicyclic) bond motifs is 1. The first kappa shape index (κ1) is 18.8. The second-order valence-corrected chi connectivity index (χ2v) is 7.48. The van der Waals surface area contributed by atoms with Crippen LogP contribution in [-0.2, 0) is 4.79 Å². The normalized spacial score (nSPS) is 16.5. The van der Waals surface area contributed by atoms with Crippen LogP contribution in [0, 0.1) is 5.82 Å². The number of hydrogen-bond donors (Lipinski definition) is 0. The number of halogens is 2. The molecule has 146 valence electrons. The van der Waals surface area contributed by atoms with Crippen LogP contribution in [0.3, 0.4) is 0 Å². The van der Waals surface area contributed by atoms with E-state index in [9.17, 15) is 9.18 Å². The second kappa shape index (κ2) is 8.22. The molecule has 2 heterocycles. The molecule has 0 aliphatic carbocycles. The molecule has 0 aromatic heterocycles. The molecule has 1 fully saturated rings. The summed E-state index contributed by atoms with van der Waals surface area (Å²) in [6.07, 6.45) is 3.34. The highest BCUT2D eigenvalue weighted by molar-refractivity contribution is 9.10. The molecule has 0 saturated carbocycles. The van der Waals surface area contributed by atoms with Crippen LogP contribution < -0.4 is 14.4 Å². The number of hydrogen-bond acceptors (Lipinski definition) is 4. The van der Waals surface area contributed by atoms with Gasteiger partial charge in [-0.25, -0.2) is 4.39 Å². The van der Waals surface area contributed by atoms with Crippen LogP contribution in [0.1, 0.15) is 5.56 Å². The zero-order valence-corrected chi connectivity index (χ0v) is 16.8. The maximum absolute atomic E-state index is 13.9. The van der Waals surface area contributed by atoms with E-state index in [1.807, 2.05) is 23.1 Å². The van der Waals surface area contributed by atoms with Crippen LogP contribution in [0.2, 0.25) is 0 Å². The fourth-order valence-corrected chi connectivity index (χ4v) is 3.95. The minimum Gasteiger partial charge on any atom is -0.486 e. The molecule has 7 heteroatoms. The lowest BCUT2D eigenvalue weighted by Gasteiger charge is -2.35. The number of carbonyl (C=O) groups excluding carboxylic acids is 1. The molecule has 0 spiro atoms. The van der Waals surface area contributed by atoms with Gasteiger partial charge in [-0.15, -0.1) is 0 Å². The molecule has 4 rings (SSSR count). The molecule has 0 bridgehead atoms. The number of amides is 1. The number of piperazine rings is 1. The molecule has 0 unspecified atom stereocenters. The summed E-state index contributed by atoms with van der Waals surface area (Å²) in [6.45, 7) is 3.37. The number of benzene rings is 2. The molecule has 2 aromatic rings. The van der Waals surface area contributed by atoms with E-state index >= 15 is 0 Å². The molecule has 0 radical (unpaired) electrons. The summed E-state index contributed by atoms with van der Waals surface area (Å²) in [5.74, 6) is 1.08. The van der Waals surface area contributed by atoms with Crippen molar-refractivity contribution >= 4 is 33.6 Å². The summed E-state index contributed by atoms with van der Waals surface area (Å²) in [4.78, 5) is 16.3. The first-order chi connectivity index (χ1) is 13.6. The predicted octanol–water partition coefficient (Wildman–Crippen LogP) is 3.72. The highest BCUT2D eigenvalue weighted by Gasteiger charge is 2.21. The standard InChI is InChI=1S/C21H20BrFN2O3/c22-16-13-15(14-19-21(16)28-12-11-27-19)5-6-20(26)25-9-7-24(8-10-25)18-4-2-1-3-17(18)23/h1-6,13-14H,7-12H2/b6-5+. The van der Waals surface area contributed by atoms with Crippen molar-refractivity contribution in [2.75, 3.05) is 44.3 Å². The Kier molecular flexibility index (Phi) is 5.52. The maximum Gasteiger partial charge on any atom is 0.246 e. The van der Waals surface area contributed by atoms with E-state index in [1.165, 1.54) is 6.07 Å². The summed E-state index contributed by atoms with van der Waals surface area (Å²) in [7, 11) is 0. The van der Waals surface area contributed by atoms with Gasteiger partial charge in [0.2, 0.25) is 5.91 Å². The zero-order chi connectivity index (χ0) is 19.5. The van der Waals surface area contributed by atoms with Crippen molar-refractivity contribution in [3.05, 3.63) is 58.3 Å².